The SMILES string of the molecule is O=C(NCC1CCOc2ccccc21)Nc1ccc2nc(C(F)F)[nH]c2c1. The van der Waals surface area contributed by atoms with Crippen LogP contribution in [0.25, 0.3) is 11.0 Å². The molecule has 1 unspecified atom stereocenters. The molecule has 0 fully saturated rings. The van der Waals surface area contributed by atoms with Crippen LogP contribution in [0.15, 0.2) is 42.5 Å². The highest BCUT2D eigenvalue weighted by atomic mass is 19.3. The minimum Gasteiger partial charge on any atom is -0.493 e. The highest BCUT2D eigenvalue weighted by Crippen LogP contribution is 2.32. The molecular weight excluding hydrogens is 354 g/mol. The summed E-state index contributed by atoms with van der Waals surface area (Å²) in [5, 5.41) is 5.58. The maximum atomic E-state index is 12.7. The van der Waals surface area contributed by atoms with E-state index >= 15 is 0 Å². The number of ether oxygens (including phenoxy) is 1. The highest BCUT2D eigenvalue weighted by molar-refractivity contribution is 5.91. The summed E-state index contributed by atoms with van der Waals surface area (Å²) in [7, 11) is 0. The van der Waals surface area contributed by atoms with Crippen LogP contribution in [-0.4, -0.2) is 29.2 Å². The number of amides is 2. The van der Waals surface area contributed by atoms with Gasteiger partial charge in [0.2, 0.25) is 0 Å². The van der Waals surface area contributed by atoms with Gasteiger partial charge in [0, 0.05) is 18.2 Å². The van der Waals surface area contributed by atoms with Gasteiger partial charge in [-0.25, -0.2) is 18.6 Å². The summed E-state index contributed by atoms with van der Waals surface area (Å²) in [4.78, 5) is 18.6. The molecule has 6 nitrogen and oxygen atoms in total. The zero-order chi connectivity index (χ0) is 18.8. The van der Waals surface area contributed by atoms with Gasteiger partial charge >= 0.3 is 6.03 Å². The van der Waals surface area contributed by atoms with Gasteiger partial charge in [0.15, 0.2) is 5.82 Å². The molecule has 0 spiro atoms. The Labute approximate surface area is 153 Å². The molecular formula is C19H18F2N4O2. The largest absolute Gasteiger partial charge is 0.493 e. The fourth-order valence-corrected chi connectivity index (χ4v) is 3.23. The summed E-state index contributed by atoms with van der Waals surface area (Å²) in [6.07, 6.45) is -1.84. The number of rotatable bonds is 4. The van der Waals surface area contributed by atoms with Gasteiger partial charge in [-0.05, 0) is 36.2 Å². The number of fused-ring (bicyclic) bond motifs is 2. The third-order valence-electron chi connectivity index (χ3n) is 4.56. The third-order valence-corrected chi connectivity index (χ3v) is 4.56. The Balaban J connectivity index is 1.39. The summed E-state index contributed by atoms with van der Waals surface area (Å²) in [5.74, 6) is 0.657. The zero-order valence-corrected chi connectivity index (χ0v) is 14.3. The molecule has 1 aromatic heterocycles. The molecule has 1 atom stereocenters. The van der Waals surface area contributed by atoms with Gasteiger partial charge in [-0.1, -0.05) is 18.2 Å². The van der Waals surface area contributed by atoms with Crippen LogP contribution < -0.4 is 15.4 Å². The molecule has 2 heterocycles. The number of benzene rings is 2. The number of hydrogen-bond donors (Lipinski definition) is 3. The first-order valence-corrected chi connectivity index (χ1v) is 8.64. The van der Waals surface area contributed by atoms with Crippen molar-refractivity contribution in [1.82, 2.24) is 15.3 Å². The van der Waals surface area contributed by atoms with E-state index in [4.69, 9.17) is 4.74 Å². The molecule has 0 saturated heterocycles. The van der Waals surface area contributed by atoms with Crippen molar-refractivity contribution in [3.05, 3.63) is 53.9 Å². The van der Waals surface area contributed by atoms with Gasteiger partial charge in [-0.2, -0.15) is 0 Å². The summed E-state index contributed by atoms with van der Waals surface area (Å²) in [6, 6.07) is 12.2. The molecule has 0 aliphatic carbocycles. The van der Waals surface area contributed by atoms with Crippen LogP contribution in [0, 0.1) is 0 Å². The van der Waals surface area contributed by atoms with E-state index in [1.54, 1.807) is 18.2 Å². The van der Waals surface area contributed by atoms with Gasteiger partial charge in [0.25, 0.3) is 6.43 Å². The van der Waals surface area contributed by atoms with Crippen LogP contribution in [0.5, 0.6) is 5.75 Å². The number of urea groups is 1. The summed E-state index contributed by atoms with van der Waals surface area (Å²) in [6.45, 7) is 1.10. The van der Waals surface area contributed by atoms with E-state index in [1.807, 2.05) is 24.3 Å². The van der Waals surface area contributed by atoms with Crippen molar-refractivity contribution >= 4 is 22.8 Å². The van der Waals surface area contributed by atoms with E-state index < -0.39 is 6.43 Å². The average Bonchev–Trinajstić information content (AvgIpc) is 3.10. The number of halogens is 2. The molecule has 1 aliphatic heterocycles. The minimum absolute atomic E-state index is 0.185. The van der Waals surface area contributed by atoms with Crippen LogP contribution in [0.4, 0.5) is 19.3 Å². The Hall–Kier alpha value is -3.16. The standard InChI is InChI=1S/C19H18F2N4O2/c20-17(21)18-24-14-6-5-12(9-15(14)25-18)23-19(26)22-10-11-7-8-27-16-4-2-1-3-13(11)16/h1-6,9,11,17H,7-8,10H2,(H,24,25)(H2,22,23,26). The Morgan fingerprint density at radius 1 is 1.30 bits per heavy atom. The first-order valence-electron chi connectivity index (χ1n) is 8.64. The highest BCUT2D eigenvalue weighted by Gasteiger charge is 2.21. The molecule has 27 heavy (non-hydrogen) atoms. The van der Waals surface area contributed by atoms with E-state index in [0.29, 0.717) is 29.9 Å². The second-order valence-corrected chi connectivity index (χ2v) is 6.36. The van der Waals surface area contributed by atoms with E-state index in [2.05, 4.69) is 20.6 Å². The Morgan fingerprint density at radius 2 is 2.15 bits per heavy atom. The van der Waals surface area contributed by atoms with Crippen molar-refractivity contribution in [2.75, 3.05) is 18.5 Å². The molecule has 3 aromatic rings. The number of H-pyrrole nitrogens is 1. The van der Waals surface area contributed by atoms with E-state index in [9.17, 15) is 13.6 Å². The van der Waals surface area contributed by atoms with E-state index in [0.717, 1.165) is 17.7 Å². The second kappa shape index (κ2) is 7.22. The van der Waals surface area contributed by atoms with Crippen LogP contribution in [0.3, 0.4) is 0 Å². The van der Waals surface area contributed by atoms with Crippen molar-refractivity contribution < 1.29 is 18.3 Å². The molecule has 0 bridgehead atoms. The number of aromatic nitrogens is 2. The molecule has 140 valence electrons. The van der Waals surface area contributed by atoms with Crippen LogP contribution in [-0.2, 0) is 0 Å². The smallest absolute Gasteiger partial charge is 0.319 e. The number of aromatic amines is 1. The zero-order valence-electron chi connectivity index (χ0n) is 14.3. The predicted molar refractivity (Wildman–Crippen MR) is 97.4 cm³/mol. The maximum absolute atomic E-state index is 12.7. The molecule has 3 N–H and O–H groups in total. The minimum atomic E-state index is -2.67. The Morgan fingerprint density at radius 3 is 3.00 bits per heavy atom. The van der Waals surface area contributed by atoms with Gasteiger partial charge in [-0.15, -0.1) is 0 Å². The lowest BCUT2D eigenvalue weighted by Crippen LogP contribution is -2.33. The van der Waals surface area contributed by atoms with Gasteiger partial charge in [0.1, 0.15) is 5.75 Å². The topological polar surface area (TPSA) is 79.0 Å². The third kappa shape index (κ3) is 3.69. The lowest BCUT2D eigenvalue weighted by molar-refractivity contribution is 0.142. The number of anilines is 1. The molecule has 0 saturated carbocycles. The lowest BCUT2D eigenvalue weighted by atomic mass is 9.93. The normalized spacial score (nSPS) is 16.0. The van der Waals surface area contributed by atoms with Gasteiger partial charge < -0.3 is 20.4 Å². The molecule has 2 amide bonds. The number of imidazole rings is 1. The Bertz CT molecular complexity index is 973. The lowest BCUT2D eigenvalue weighted by Gasteiger charge is -2.26. The number of nitrogens with zero attached hydrogens (tertiary/aromatic N) is 1. The van der Waals surface area contributed by atoms with E-state index in [1.165, 1.54) is 0 Å². The monoisotopic (exact) mass is 372 g/mol. The average molecular weight is 372 g/mol. The molecule has 8 heteroatoms. The first kappa shape index (κ1) is 17.3. The summed E-state index contributed by atoms with van der Waals surface area (Å²) < 4.78 is 31.1. The quantitative estimate of drug-likeness (QED) is 0.643. The summed E-state index contributed by atoms with van der Waals surface area (Å²) in [5.41, 5.74) is 2.45. The first-order chi connectivity index (χ1) is 13.1. The van der Waals surface area contributed by atoms with Crippen molar-refractivity contribution in [2.45, 2.75) is 18.8 Å². The van der Waals surface area contributed by atoms with Crippen LogP contribution >= 0.6 is 0 Å². The van der Waals surface area contributed by atoms with Gasteiger partial charge in [-0.3, -0.25) is 0 Å². The van der Waals surface area contributed by atoms with Crippen molar-refractivity contribution in [1.29, 1.82) is 0 Å². The number of alkyl halides is 2. The van der Waals surface area contributed by atoms with Crippen molar-refractivity contribution in [3.63, 3.8) is 0 Å². The maximum Gasteiger partial charge on any atom is 0.319 e. The number of carbonyl (C=O) groups is 1. The number of hydrogen-bond acceptors (Lipinski definition) is 3. The molecule has 2 aromatic carbocycles. The molecule has 1 aliphatic rings. The summed E-state index contributed by atoms with van der Waals surface area (Å²) >= 11 is 0. The molecule has 0 radical (unpaired) electrons. The Kier molecular flexibility index (Phi) is 4.62. The van der Waals surface area contributed by atoms with Crippen molar-refractivity contribution in [3.8, 4) is 5.75 Å². The second-order valence-electron chi connectivity index (χ2n) is 6.36. The fraction of sp³-hybridized carbons (Fsp3) is 0.263. The van der Waals surface area contributed by atoms with Crippen molar-refractivity contribution in [2.24, 2.45) is 0 Å². The van der Waals surface area contributed by atoms with E-state index in [-0.39, 0.29) is 17.8 Å². The molecule has 4 rings (SSSR count). The van der Waals surface area contributed by atoms with Crippen LogP contribution in [0.2, 0.25) is 0 Å². The number of para-hydroxylation sites is 1. The predicted octanol–water partition coefficient (Wildman–Crippen LogP) is 4.19. The number of nitrogens with one attached hydrogen (secondary N) is 3. The fourth-order valence-electron chi connectivity index (χ4n) is 3.23. The number of carbonyl (C=O) groups excluding carboxylic acids is 1. The van der Waals surface area contributed by atoms with Gasteiger partial charge in [0.05, 0.1) is 17.6 Å². The van der Waals surface area contributed by atoms with Crippen LogP contribution in [0.1, 0.15) is 30.2 Å².